The monoisotopic (exact) mass is 394 g/mol. The van der Waals surface area contributed by atoms with Crippen molar-refractivity contribution < 1.29 is 9.59 Å². The molecule has 0 radical (unpaired) electrons. The largest absolute Gasteiger partial charge is 0.298 e. The number of allylic oxidation sites excluding steroid dienone is 1. The van der Waals surface area contributed by atoms with E-state index in [0.29, 0.717) is 5.57 Å². The summed E-state index contributed by atoms with van der Waals surface area (Å²) >= 11 is 0. The van der Waals surface area contributed by atoms with E-state index in [1.165, 1.54) is 0 Å². The van der Waals surface area contributed by atoms with Crippen molar-refractivity contribution in [3.05, 3.63) is 113 Å². The Morgan fingerprint density at radius 3 is 1.83 bits per heavy atom. The van der Waals surface area contributed by atoms with Crippen molar-refractivity contribution in [3.8, 4) is 0 Å². The summed E-state index contributed by atoms with van der Waals surface area (Å²) in [7, 11) is 0. The van der Waals surface area contributed by atoms with Gasteiger partial charge in [0, 0.05) is 23.3 Å². The van der Waals surface area contributed by atoms with Crippen molar-refractivity contribution >= 4 is 18.1 Å². The standard InChI is InChI=1S/C28H26O2/c1-20-25(22-14-8-4-9-15-22)26(23-16-10-5-11-17-23)28(2,27(20)30)24(19-29)18-21-12-6-3-7-13-21/h3-20,25-26H,1-2H3/b24-18-/t20-,25+,26+,28-/m0/s1. The van der Waals surface area contributed by atoms with Crippen LogP contribution in [0.25, 0.3) is 6.08 Å². The van der Waals surface area contributed by atoms with E-state index in [9.17, 15) is 9.59 Å². The van der Waals surface area contributed by atoms with Gasteiger partial charge in [-0.25, -0.2) is 0 Å². The maximum absolute atomic E-state index is 13.8. The number of ketones is 1. The molecule has 0 bridgehead atoms. The van der Waals surface area contributed by atoms with Crippen LogP contribution in [0.4, 0.5) is 0 Å². The second kappa shape index (κ2) is 8.23. The first kappa shape index (κ1) is 20.0. The first-order valence-corrected chi connectivity index (χ1v) is 10.4. The lowest BCUT2D eigenvalue weighted by Gasteiger charge is -2.34. The van der Waals surface area contributed by atoms with Crippen LogP contribution in [0.5, 0.6) is 0 Å². The van der Waals surface area contributed by atoms with Gasteiger partial charge in [-0.1, -0.05) is 97.9 Å². The molecule has 4 atom stereocenters. The summed E-state index contributed by atoms with van der Waals surface area (Å²) in [5.41, 5.74) is 2.79. The van der Waals surface area contributed by atoms with Gasteiger partial charge in [0.05, 0.1) is 5.41 Å². The molecular formula is C28H26O2. The SMILES string of the molecule is C[C@@H]1C(=O)[C@@](C)(/C(C=O)=C\c2ccccc2)[C@H](c2ccccc2)[C@H]1c1ccccc1. The molecule has 2 heteroatoms. The molecule has 1 aliphatic rings. The number of Topliss-reactive ketones (excluding diaryl/α,β-unsaturated/α-hetero) is 1. The first-order valence-electron chi connectivity index (χ1n) is 10.4. The summed E-state index contributed by atoms with van der Waals surface area (Å²) in [6, 6.07) is 30.1. The average Bonchev–Trinajstić information content (AvgIpc) is 3.01. The van der Waals surface area contributed by atoms with Gasteiger partial charge in [-0.05, 0) is 29.7 Å². The highest BCUT2D eigenvalue weighted by atomic mass is 16.1. The van der Waals surface area contributed by atoms with Crippen molar-refractivity contribution in [3.63, 3.8) is 0 Å². The van der Waals surface area contributed by atoms with Crippen LogP contribution < -0.4 is 0 Å². The van der Waals surface area contributed by atoms with E-state index >= 15 is 0 Å². The van der Waals surface area contributed by atoms with E-state index in [1.54, 1.807) is 0 Å². The third kappa shape index (κ3) is 3.33. The van der Waals surface area contributed by atoms with Crippen LogP contribution in [-0.2, 0) is 9.59 Å². The normalized spacial score (nSPS) is 26.5. The molecule has 0 N–H and O–H groups in total. The number of hydrogen-bond acceptors (Lipinski definition) is 2. The van der Waals surface area contributed by atoms with Gasteiger partial charge in [-0.3, -0.25) is 9.59 Å². The predicted molar refractivity (Wildman–Crippen MR) is 121 cm³/mol. The molecule has 30 heavy (non-hydrogen) atoms. The third-order valence-corrected chi connectivity index (χ3v) is 6.64. The molecule has 3 aromatic rings. The van der Waals surface area contributed by atoms with Gasteiger partial charge in [0.1, 0.15) is 12.1 Å². The summed E-state index contributed by atoms with van der Waals surface area (Å²) in [4.78, 5) is 26.1. The molecule has 0 aliphatic heterocycles. The lowest BCUT2D eigenvalue weighted by Crippen LogP contribution is -2.32. The number of carbonyl (C=O) groups is 2. The molecule has 0 heterocycles. The first-order chi connectivity index (χ1) is 14.6. The van der Waals surface area contributed by atoms with E-state index in [2.05, 4.69) is 24.3 Å². The molecule has 0 aromatic heterocycles. The lowest BCUT2D eigenvalue weighted by atomic mass is 9.67. The Bertz CT molecular complexity index is 1050. The van der Waals surface area contributed by atoms with Crippen LogP contribution >= 0.6 is 0 Å². The molecule has 1 aliphatic carbocycles. The van der Waals surface area contributed by atoms with Gasteiger partial charge < -0.3 is 0 Å². The van der Waals surface area contributed by atoms with Crippen molar-refractivity contribution in [2.24, 2.45) is 11.3 Å². The van der Waals surface area contributed by atoms with Gasteiger partial charge in [0.2, 0.25) is 0 Å². The van der Waals surface area contributed by atoms with Gasteiger partial charge in [0.15, 0.2) is 0 Å². The maximum atomic E-state index is 13.8. The van der Waals surface area contributed by atoms with Crippen LogP contribution in [0.15, 0.2) is 96.6 Å². The fraction of sp³-hybridized carbons (Fsp3) is 0.214. The molecular weight excluding hydrogens is 368 g/mol. The minimum atomic E-state index is -0.904. The van der Waals surface area contributed by atoms with Crippen LogP contribution in [0.3, 0.4) is 0 Å². The lowest BCUT2D eigenvalue weighted by molar-refractivity contribution is -0.127. The Hall–Kier alpha value is -3.26. The van der Waals surface area contributed by atoms with Crippen LogP contribution in [0.2, 0.25) is 0 Å². The molecule has 3 aromatic carbocycles. The van der Waals surface area contributed by atoms with Crippen LogP contribution in [-0.4, -0.2) is 12.1 Å². The second-order valence-electron chi connectivity index (χ2n) is 8.31. The molecule has 0 spiro atoms. The van der Waals surface area contributed by atoms with E-state index in [1.807, 2.05) is 86.7 Å². The Morgan fingerprint density at radius 1 is 0.800 bits per heavy atom. The molecule has 4 rings (SSSR count). The Morgan fingerprint density at radius 2 is 1.30 bits per heavy atom. The van der Waals surface area contributed by atoms with Gasteiger partial charge in [0.25, 0.3) is 0 Å². The van der Waals surface area contributed by atoms with Gasteiger partial charge in [-0.15, -0.1) is 0 Å². The number of hydrogen-bond donors (Lipinski definition) is 0. The van der Waals surface area contributed by atoms with Gasteiger partial charge >= 0.3 is 0 Å². The Labute approximate surface area is 178 Å². The van der Waals surface area contributed by atoms with Crippen LogP contribution in [0.1, 0.15) is 42.4 Å². The van der Waals surface area contributed by atoms with Crippen molar-refractivity contribution in [1.82, 2.24) is 0 Å². The highest BCUT2D eigenvalue weighted by molar-refractivity contribution is 6.02. The molecule has 0 amide bonds. The smallest absolute Gasteiger partial charge is 0.147 e. The number of rotatable bonds is 5. The summed E-state index contributed by atoms with van der Waals surface area (Å²) in [6.07, 6.45) is 2.75. The fourth-order valence-electron chi connectivity index (χ4n) is 5.15. The molecule has 0 unspecified atom stereocenters. The zero-order valence-corrected chi connectivity index (χ0v) is 17.4. The summed E-state index contributed by atoms with van der Waals surface area (Å²) in [5.74, 6) is -0.185. The molecule has 150 valence electrons. The summed E-state index contributed by atoms with van der Waals surface area (Å²) < 4.78 is 0. The van der Waals surface area contributed by atoms with Crippen molar-refractivity contribution in [1.29, 1.82) is 0 Å². The Balaban J connectivity index is 1.93. The van der Waals surface area contributed by atoms with E-state index in [0.717, 1.165) is 23.0 Å². The zero-order chi connectivity index (χ0) is 21.1. The zero-order valence-electron chi connectivity index (χ0n) is 17.4. The van der Waals surface area contributed by atoms with E-state index < -0.39 is 5.41 Å². The van der Waals surface area contributed by atoms with E-state index in [4.69, 9.17) is 0 Å². The minimum absolute atomic E-state index is 0.00484. The highest BCUT2D eigenvalue weighted by Gasteiger charge is 2.58. The molecule has 2 nitrogen and oxygen atoms in total. The second-order valence-corrected chi connectivity index (χ2v) is 8.31. The summed E-state index contributed by atoms with van der Waals surface area (Å²) in [6.45, 7) is 3.96. The average molecular weight is 395 g/mol. The third-order valence-electron chi connectivity index (χ3n) is 6.64. The minimum Gasteiger partial charge on any atom is -0.298 e. The van der Waals surface area contributed by atoms with Crippen LogP contribution in [0, 0.1) is 11.3 Å². The van der Waals surface area contributed by atoms with Crippen molar-refractivity contribution in [2.45, 2.75) is 25.7 Å². The van der Waals surface area contributed by atoms with Crippen molar-refractivity contribution in [2.75, 3.05) is 0 Å². The number of aldehydes is 1. The predicted octanol–water partition coefficient (Wildman–Crippen LogP) is 6.06. The van der Waals surface area contributed by atoms with E-state index in [-0.39, 0.29) is 23.5 Å². The fourth-order valence-corrected chi connectivity index (χ4v) is 5.15. The topological polar surface area (TPSA) is 34.1 Å². The molecule has 0 saturated heterocycles. The highest BCUT2D eigenvalue weighted by Crippen LogP contribution is 2.60. The maximum Gasteiger partial charge on any atom is 0.147 e. The number of benzene rings is 3. The number of carbonyl (C=O) groups excluding carboxylic acids is 2. The quantitative estimate of drug-likeness (QED) is 0.389. The molecule has 1 fully saturated rings. The van der Waals surface area contributed by atoms with Gasteiger partial charge in [-0.2, -0.15) is 0 Å². The summed E-state index contributed by atoms with van der Waals surface area (Å²) in [5, 5.41) is 0. The molecule has 1 saturated carbocycles. The Kier molecular flexibility index (Phi) is 5.50.